The van der Waals surface area contributed by atoms with Crippen LogP contribution in [0.25, 0.3) is 0 Å². The Balaban J connectivity index is 1.48. The molecule has 0 spiro atoms. The first-order chi connectivity index (χ1) is 16.0. The molecule has 0 aromatic heterocycles. The van der Waals surface area contributed by atoms with E-state index in [1.807, 2.05) is 11.8 Å². The Morgan fingerprint density at radius 3 is 2.47 bits per heavy atom. The van der Waals surface area contributed by atoms with E-state index >= 15 is 0 Å². The summed E-state index contributed by atoms with van der Waals surface area (Å²) in [4.78, 5) is 0. The van der Waals surface area contributed by atoms with Gasteiger partial charge in [-0.25, -0.2) is 0 Å². The molecule has 194 valence electrons. The highest BCUT2D eigenvalue weighted by Gasteiger charge is 2.61. The highest BCUT2D eigenvalue weighted by atomic mass is 32.2. The SMILES string of the molecule is CCC(O)(CC)CCCS[C@@H](C)[C@H]1[C@@H](O)C[C@H]2C3=CC=C4C[C@@H](O)C[C@H](O)[C@]4(C)[C@H]3CC[C@]12C. The third kappa shape index (κ3) is 4.36. The molecule has 0 bridgehead atoms. The number of hydrogen-bond donors (Lipinski definition) is 4. The van der Waals surface area contributed by atoms with Crippen LogP contribution in [0.15, 0.2) is 23.3 Å². The first-order valence-electron chi connectivity index (χ1n) is 13.8. The van der Waals surface area contributed by atoms with Gasteiger partial charge in [-0.2, -0.15) is 11.8 Å². The molecular formula is C29H48O4S. The zero-order chi connectivity index (χ0) is 24.9. The summed E-state index contributed by atoms with van der Waals surface area (Å²) < 4.78 is 0. The summed E-state index contributed by atoms with van der Waals surface area (Å²) in [6.07, 6.45) is 10.8. The normalized spacial score (nSPS) is 42.9. The van der Waals surface area contributed by atoms with E-state index < -0.39 is 17.8 Å². The minimum Gasteiger partial charge on any atom is -0.393 e. The van der Waals surface area contributed by atoms with Gasteiger partial charge in [0.05, 0.1) is 23.9 Å². The van der Waals surface area contributed by atoms with Gasteiger partial charge < -0.3 is 20.4 Å². The monoisotopic (exact) mass is 492 g/mol. The lowest BCUT2D eigenvalue weighted by Gasteiger charge is -2.56. The second kappa shape index (κ2) is 9.85. The zero-order valence-corrected chi connectivity index (χ0v) is 22.8. The van der Waals surface area contributed by atoms with E-state index in [9.17, 15) is 20.4 Å². The molecule has 0 radical (unpaired) electrons. The number of allylic oxidation sites excluding steroid dienone is 3. The molecule has 4 rings (SSSR count). The maximum absolute atomic E-state index is 11.3. The molecule has 0 heterocycles. The Morgan fingerprint density at radius 2 is 1.79 bits per heavy atom. The summed E-state index contributed by atoms with van der Waals surface area (Å²) in [5.41, 5.74) is 1.90. The molecule has 3 saturated carbocycles. The van der Waals surface area contributed by atoms with Crippen molar-refractivity contribution in [2.24, 2.45) is 28.6 Å². The third-order valence-electron chi connectivity index (χ3n) is 10.8. The van der Waals surface area contributed by atoms with Crippen LogP contribution in [0, 0.1) is 28.6 Å². The Kier molecular flexibility index (Phi) is 7.74. The molecule has 5 heteroatoms. The van der Waals surface area contributed by atoms with Crippen molar-refractivity contribution < 1.29 is 20.4 Å². The van der Waals surface area contributed by atoms with Crippen molar-refractivity contribution in [3.05, 3.63) is 23.3 Å². The fraction of sp³-hybridized carbons (Fsp3) is 0.862. The van der Waals surface area contributed by atoms with Gasteiger partial charge in [-0.3, -0.25) is 0 Å². The Bertz CT molecular complexity index is 804. The van der Waals surface area contributed by atoms with Crippen LogP contribution in [-0.4, -0.2) is 55.3 Å². The smallest absolute Gasteiger partial charge is 0.0661 e. The molecule has 4 aliphatic carbocycles. The largest absolute Gasteiger partial charge is 0.393 e. The fourth-order valence-corrected chi connectivity index (χ4v) is 9.71. The Labute approximate surface area is 211 Å². The summed E-state index contributed by atoms with van der Waals surface area (Å²) in [5.74, 6) is 1.95. The van der Waals surface area contributed by atoms with E-state index in [1.54, 1.807) is 0 Å². The molecule has 0 unspecified atom stereocenters. The predicted molar refractivity (Wildman–Crippen MR) is 141 cm³/mol. The van der Waals surface area contributed by atoms with Gasteiger partial charge in [-0.05, 0) is 74.4 Å². The van der Waals surface area contributed by atoms with Gasteiger partial charge in [0.25, 0.3) is 0 Å². The fourth-order valence-electron chi connectivity index (χ4n) is 8.33. The topological polar surface area (TPSA) is 80.9 Å². The van der Waals surface area contributed by atoms with Gasteiger partial charge in [0.1, 0.15) is 0 Å². The number of fused-ring (bicyclic) bond motifs is 5. The van der Waals surface area contributed by atoms with Crippen LogP contribution in [0.4, 0.5) is 0 Å². The van der Waals surface area contributed by atoms with Gasteiger partial charge in [0, 0.05) is 23.0 Å². The standard InChI is InChI=1S/C29H48O4S/c1-6-29(33,7-2)12-8-14-34-18(3)26-24(31)17-23-21-10-9-19-15-20(30)16-25(32)28(19,5)22(21)11-13-27(23,26)4/h9-10,18,20,22-26,30-33H,6-8,11-17H2,1-5H3/t18-,20+,22-,23-,24-,25-,26-,27-,28-/m0/s1. The van der Waals surface area contributed by atoms with Crippen molar-refractivity contribution in [2.45, 2.75) is 122 Å². The predicted octanol–water partition coefficient (Wildman–Crippen LogP) is 5.24. The van der Waals surface area contributed by atoms with Gasteiger partial charge in [0.2, 0.25) is 0 Å². The Morgan fingerprint density at radius 1 is 1.09 bits per heavy atom. The van der Waals surface area contributed by atoms with Crippen molar-refractivity contribution in [1.29, 1.82) is 0 Å². The first-order valence-corrected chi connectivity index (χ1v) is 14.8. The molecule has 9 atom stereocenters. The second-order valence-electron chi connectivity index (χ2n) is 12.3. The summed E-state index contributed by atoms with van der Waals surface area (Å²) in [5, 5.41) is 43.6. The Hall–Kier alpha value is -0.330. The number of thioether (sulfide) groups is 1. The van der Waals surface area contributed by atoms with E-state index in [1.165, 1.54) is 11.1 Å². The number of rotatable bonds is 8. The summed E-state index contributed by atoms with van der Waals surface area (Å²) >= 11 is 1.97. The van der Waals surface area contributed by atoms with Crippen LogP contribution in [-0.2, 0) is 0 Å². The number of aliphatic hydroxyl groups is 4. The van der Waals surface area contributed by atoms with Crippen molar-refractivity contribution in [3.63, 3.8) is 0 Å². The van der Waals surface area contributed by atoms with Crippen LogP contribution in [0.2, 0.25) is 0 Å². The second-order valence-corrected chi connectivity index (χ2v) is 13.8. The summed E-state index contributed by atoms with van der Waals surface area (Å²) in [6, 6.07) is 0. The van der Waals surface area contributed by atoms with E-state index in [0.29, 0.717) is 29.9 Å². The minimum atomic E-state index is -0.526. The van der Waals surface area contributed by atoms with Crippen LogP contribution >= 0.6 is 11.8 Å². The van der Waals surface area contributed by atoms with Crippen molar-refractivity contribution in [2.75, 3.05) is 5.75 Å². The van der Waals surface area contributed by atoms with E-state index in [-0.39, 0.29) is 22.9 Å². The molecule has 4 aliphatic rings. The molecule has 0 aliphatic heterocycles. The summed E-state index contributed by atoms with van der Waals surface area (Å²) in [6.45, 7) is 11.1. The molecule has 0 saturated heterocycles. The van der Waals surface area contributed by atoms with Crippen LogP contribution < -0.4 is 0 Å². The van der Waals surface area contributed by atoms with Crippen molar-refractivity contribution >= 4 is 11.8 Å². The average molecular weight is 493 g/mol. The van der Waals surface area contributed by atoms with Gasteiger partial charge in [0.15, 0.2) is 0 Å². The van der Waals surface area contributed by atoms with E-state index in [0.717, 1.165) is 50.7 Å². The van der Waals surface area contributed by atoms with Crippen LogP contribution in [0.3, 0.4) is 0 Å². The first kappa shape index (κ1) is 26.7. The van der Waals surface area contributed by atoms with Crippen molar-refractivity contribution in [3.8, 4) is 0 Å². The molecule has 0 aromatic carbocycles. The van der Waals surface area contributed by atoms with E-state index in [2.05, 4.69) is 46.8 Å². The zero-order valence-electron chi connectivity index (χ0n) is 22.0. The maximum atomic E-state index is 11.3. The highest BCUT2D eigenvalue weighted by Crippen LogP contribution is 2.66. The molecular weight excluding hydrogens is 444 g/mol. The quantitative estimate of drug-likeness (QED) is 0.348. The molecule has 0 aromatic rings. The van der Waals surface area contributed by atoms with Gasteiger partial charge in [-0.1, -0.05) is 57.9 Å². The number of hydrogen-bond acceptors (Lipinski definition) is 5. The maximum Gasteiger partial charge on any atom is 0.0661 e. The molecule has 34 heavy (non-hydrogen) atoms. The molecule has 0 amide bonds. The average Bonchev–Trinajstić information content (AvgIpc) is 3.07. The lowest BCUT2D eigenvalue weighted by molar-refractivity contribution is -0.0534. The lowest BCUT2D eigenvalue weighted by Crippen LogP contribution is -2.52. The third-order valence-corrected chi connectivity index (χ3v) is 12.1. The number of aliphatic hydroxyl groups excluding tert-OH is 3. The highest BCUT2D eigenvalue weighted by molar-refractivity contribution is 7.99. The van der Waals surface area contributed by atoms with Crippen LogP contribution in [0.1, 0.15) is 92.4 Å². The minimum absolute atomic E-state index is 0.0720. The lowest BCUT2D eigenvalue weighted by atomic mass is 9.49. The van der Waals surface area contributed by atoms with Crippen molar-refractivity contribution in [1.82, 2.24) is 0 Å². The molecule has 4 nitrogen and oxygen atoms in total. The summed E-state index contributed by atoms with van der Waals surface area (Å²) in [7, 11) is 0. The molecule has 3 fully saturated rings. The van der Waals surface area contributed by atoms with Crippen LogP contribution in [0.5, 0.6) is 0 Å². The van der Waals surface area contributed by atoms with E-state index in [4.69, 9.17) is 0 Å². The van der Waals surface area contributed by atoms with Gasteiger partial charge in [-0.15, -0.1) is 0 Å². The van der Waals surface area contributed by atoms with Gasteiger partial charge >= 0.3 is 0 Å². The molecule has 4 N–H and O–H groups in total.